The minimum Gasteiger partial charge on any atom is -0.236 e. The highest BCUT2D eigenvalue weighted by molar-refractivity contribution is 5.60. The summed E-state index contributed by atoms with van der Waals surface area (Å²) >= 11 is 0. The van der Waals surface area contributed by atoms with Crippen molar-refractivity contribution in [2.45, 2.75) is 13.1 Å². The first-order valence-corrected chi connectivity index (χ1v) is 5.70. The van der Waals surface area contributed by atoms with Crippen molar-refractivity contribution in [3.05, 3.63) is 53.6 Å². The van der Waals surface area contributed by atoms with Crippen molar-refractivity contribution >= 4 is 6.08 Å². The Bertz CT molecular complexity index is 631. The zero-order chi connectivity index (χ0) is 14.8. The SMILES string of the molecule is Cc1cnc(-c2ccc(/C=C/C(F)(F)F)c(F)c2)nc1. The molecule has 0 unspecified atom stereocenters. The third-order valence-electron chi connectivity index (χ3n) is 2.49. The van der Waals surface area contributed by atoms with Gasteiger partial charge in [0.2, 0.25) is 0 Å². The van der Waals surface area contributed by atoms with Crippen LogP contribution in [0.15, 0.2) is 36.7 Å². The molecule has 1 aromatic carbocycles. The van der Waals surface area contributed by atoms with E-state index in [1.165, 1.54) is 12.1 Å². The van der Waals surface area contributed by atoms with E-state index in [2.05, 4.69) is 9.97 Å². The number of allylic oxidation sites excluding steroid dienone is 1. The van der Waals surface area contributed by atoms with Crippen LogP contribution in [0.1, 0.15) is 11.1 Å². The van der Waals surface area contributed by atoms with Crippen molar-refractivity contribution in [2.75, 3.05) is 0 Å². The van der Waals surface area contributed by atoms with Gasteiger partial charge in [-0.25, -0.2) is 14.4 Å². The minimum absolute atomic E-state index is 0.00648. The van der Waals surface area contributed by atoms with E-state index in [1.807, 2.05) is 6.92 Å². The predicted octanol–water partition coefficient (Wildman–Crippen LogP) is 4.17. The zero-order valence-corrected chi connectivity index (χ0v) is 10.4. The van der Waals surface area contributed by atoms with Crippen molar-refractivity contribution in [1.82, 2.24) is 9.97 Å². The van der Waals surface area contributed by atoms with Crippen molar-refractivity contribution in [3.8, 4) is 11.4 Å². The monoisotopic (exact) mass is 282 g/mol. The zero-order valence-electron chi connectivity index (χ0n) is 10.4. The van der Waals surface area contributed by atoms with E-state index in [4.69, 9.17) is 0 Å². The molecule has 104 valence electrons. The second-order valence-corrected chi connectivity index (χ2v) is 4.20. The molecule has 6 heteroatoms. The number of aryl methyl sites for hydroxylation is 1. The number of nitrogens with zero attached hydrogens (tertiary/aromatic N) is 2. The van der Waals surface area contributed by atoms with Crippen LogP contribution in [-0.4, -0.2) is 16.1 Å². The van der Waals surface area contributed by atoms with Crippen LogP contribution in [0, 0.1) is 12.7 Å². The van der Waals surface area contributed by atoms with Crippen molar-refractivity contribution < 1.29 is 17.6 Å². The summed E-state index contributed by atoms with van der Waals surface area (Å²) < 4.78 is 49.8. The first kappa shape index (κ1) is 14.2. The molecular formula is C14H10F4N2. The molecule has 1 aromatic heterocycles. The summed E-state index contributed by atoms with van der Waals surface area (Å²) in [5, 5.41) is 0. The molecule has 0 saturated heterocycles. The highest BCUT2D eigenvalue weighted by Gasteiger charge is 2.22. The Morgan fingerprint density at radius 3 is 2.30 bits per heavy atom. The summed E-state index contributed by atoms with van der Waals surface area (Å²) in [6, 6.07) is 3.85. The van der Waals surface area contributed by atoms with Crippen molar-refractivity contribution in [3.63, 3.8) is 0 Å². The number of halogens is 4. The topological polar surface area (TPSA) is 25.8 Å². The van der Waals surface area contributed by atoms with E-state index in [0.29, 0.717) is 17.5 Å². The van der Waals surface area contributed by atoms with Gasteiger partial charge in [-0.2, -0.15) is 13.2 Å². The van der Waals surface area contributed by atoms with Gasteiger partial charge in [0.25, 0.3) is 0 Å². The van der Waals surface area contributed by atoms with Crippen LogP contribution < -0.4 is 0 Å². The lowest BCUT2D eigenvalue weighted by atomic mass is 10.1. The van der Waals surface area contributed by atoms with Crippen LogP contribution in [0.2, 0.25) is 0 Å². The van der Waals surface area contributed by atoms with Gasteiger partial charge in [-0.3, -0.25) is 0 Å². The van der Waals surface area contributed by atoms with Gasteiger partial charge < -0.3 is 0 Å². The molecule has 2 rings (SSSR count). The Morgan fingerprint density at radius 2 is 1.75 bits per heavy atom. The van der Waals surface area contributed by atoms with E-state index >= 15 is 0 Å². The highest BCUT2D eigenvalue weighted by Crippen LogP contribution is 2.22. The summed E-state index contributed by atoms with van der Waals surface area (Å²) in [6.45, 7) is 1.81. The van der Waals surface area contributed by atoms with Gasteiger partial charge in [0.1, 0.15) is 5.82 Å². The smallest absolute Gasteiger partial charge is 0.236 e. The molecule has 0 spiro atoms. The van der Waals surface area contributed by atoms with Crippen LogP contribution in [0.3, 0.4) is 0 Å². The molecule has 0 aliphatic carbocycles. The summed E-state index contributed by atoms with van der Waals surface area (Å²) in [5.41, 5.74) is 1.13. The number of hydrogen-bond donors (Lipinski definition) is 0. The number of aromatic nitrogens is 2. The fourth-order valence-electron chi connectivity index (χ4n) is 1.53. The lowest BCUT2D eigenvalue weighted by molar-refractivity contribution is -0.0790. The third kappa shape index (κ3) is 3.63. The molecule has 1 heterocycles. The van der Waals surface area contributed by atoms with Gasteiger partial charge in [0, 0.05) is 29.6 Å². The Kier molecular flexibility index (Phi) is 3.83. The van der Waals surface area contributed by atoms with Gasteiger partial charge in [-0.15, -0.1) is 0 Å². The number of hydrogen-bond acceptors (Lipinski definition) is 2. The number of benzene rings is 1. The van der Waals surface area contributed by atoms with Crippen molar-refractivity contribution in [2.24, 2.45) is 0 Å². The molecule has 2 aromatic rings. The van der Waals surface area contributed by atoms with Crippen LogP contribution in [-0.2, 0) is 0 Å². The van der Waals surface area contributed by atoms with Gasteiger partial charge in [-0.1, -0.05) is 12.1 Å². The average Bonchev–Trinajstić information content (AvgIpc) is 2.37. The molecule has 0 fully saturated rings. The van der Waals surface area contributed by atoms with Crippen LogP contribution in [0.25, 0.3) is 17.5 Å². The maximum atomic E-state index is 13.7. The lowest BCUT2D eigenvalue weighted by Crippen LogP contribution is -2.00. The molecule has 0 aliphatic rings. The Labute approximate surface area is 112 Å². The fourth-order valence-corrected chi connectivity index (χ4v) is 1.53. The van der Waals surface area contributed by atoms with E-state index in [0.717, 1.165) is 11.6 Å². The molecule has 2 nitrogen and oxygen atoms in total. The molecule has 0 radical (unpaired) electrons. The van der Waals surface area contributed by atoms with Gasteiger partial charge in [0.05, 0.1) is 0 Å². The largest absolute Gasteiger partial charge is 0.409 e. The Hall–Kier alpha value is -2.24. The second kappa shape index (κ2) is 5.40. The maximum absolute atomic E-state index is 13.7. The van der Waals surface area contributed by atoms with Gasteiger partial charge in [-0.05, 0) is 24.6 Å². The van der Waals surface area contributed by atoms with Crippen LogP contribution >= 0.6 is 0 Å². The first-order valence-electron chi connectivity index (χ1n) is 5.70. The van der Waals surface area contributed by atoms with E-state index < -0.39 is 12.0 Å². The van der Waals surface area contributed by atoms with Crippen LogP contribution in [0.4, 0.5) is 17.6 Å². The highest BCUT2D eigenvalue weighted by atomic mass is 19.4. The molecular weight excluding hydrogens is 272 g/mol. The second-order valence-electron chi connectivity index (χ2n) is 4.20. The first-order chi connectivity index (χ1) is 9.35. The lowest BCUT2D eigenvalue weighted by Gasteiger charge is -2.03. The van der Waals surface area contributed by atoms with Gasteiger partial charge >= 0.3 is 6.18 Å². The fraction of sp³-hybridized carbons (Fsp3) is 0.143. The van der Waals surface area contributed by atoms with E-state index in [-0.39, 0.29) is 11.6 Å². The molecule has 0 aliphatic heterocycles. The molecule has 0 N–H and O–H groups in total. The molecule has 0 atom stereocenters. The number of rotatable bonds is 2. The summed E-state index contributed by atoms with van der Waals surface area (Å²) in [7, 11) is 0. The van der Waals surface area contributed by atoms with Gasteiger partial charge in [0.15, 0.2) is 5.82 Å². The standard InChI is InChI=1S/C14H10F4N2/c1-9-7-19-13(20-8-9)11-3-2-10(12(15)6-11)4-5-14(16,17)18/h2-8H,1H3/b5-4+. The van der Waals surface area contributed by atoms with Crippen molar-refractivity contribution in [1.29, 1.82) is 0 Å². The van der Waals surface area contributed by atoms with E-state index in [9.17, 15) is 17.6 Å². The summed E-state index contributed by atoms with van der Waals surface area (Å²) in [6.07, 6.45) is -0.622. The Morgan fingerprint density at radius 1 is 1.10 bits per heavy atom. The summed E-state index contributed by atoms with van der Waals surface area (Å²) in [4.78, 5) is 8.06. The average molecular weight is 282 g/mol. The molecule has 0 saturated carbocycles. The minimum atomic E-state index is -4.47. The van der Waals surface area contributed by atoms with Crippen LogP contribution in [0.5, 0.6) is 0 Å². The van der Waals surface area contributed by atoms with E-state index in [1.54, 1.807) is 12.4 Å². The predicted molar refractivity (Wildman–Crippen MR) is 67.3 cm³/mol. The maximum Gasteiger partial charge on any atom is 0.409 e. The quantitative estimate of drug-likeness (QED) is 0.773. The normalized spacial score (nSPS) is 12.1. The molecule has 20 heavy (non-hydrogen) atoms. The third-order valence-corrected chi connectivity index (χ3v) is 2.49. The molecule has 0 amide bonds. The number of alkyl halides is 3. The Balaban J connectivity index is 2.30. The molecule has 0 bridgehead atoms. The summed E-state index contributed by atoms with van der Waals surface area (Å²) in [5.74, 6) is -0.437.